The summed E-state index contributed by atoms with van der Waals surface area (Å²) in [7, 11) is 0. The summed E-state index contributed by atoms with van der Waals surface area (Å²) in [5.41, 5.74) is 7.48. The standard InChI is InChI=1S/C22H22N2O3.C20H18N2O3.C16H17NO4/c1-2-27-22(26)20-17-12-6-10-15(17)16-11-7-13-18(19(16)24-20)21(25)23-14-8-4-3-5-9-14;23-19(21-12-6-2-1-3-7-12)16-11-5-9-14-13-8-4-10-15(13)18(20(24)25)22-17(14)16;1-2-21-16(20)14-11-7-3-5-9(11)10-6-4-8-12(15(18)19)13(10)17-14/h3-11,13,15,17,20,24H,2,12H2,1H3,(H,23,25);1-9,11,13,15,18,22H,10H2,(H,21,23)(H,24,25);3-6,8-9,11,14,17H,2,7H2,1H3,(H,18,19). The lowest BCUT2D eigenvalue weighted by molar-refractivity contribution is -0.146. The van der Waals surface area contributed by atoms with Crippen LogP contribution in [-0.2, 0) is 23.9 Å². The minimum atomic E-state index is -0.998. The molecule has 0 saturated heterocycles. The molecule has 6 aliphatic rings. The quantitative estimate of drug-likeness (QED) is 0.0512. The monoisotopic (exact) mass is 983 g/mol. The Morgan fingerprint density at radius 3 is 1.21 bits per heavy atom. The van der Waals surface area contributed by atoms with Crippen LogP contribution in [0.2, 0.25) is 0 Å². The molecule has 7 N–H and O–H groups in total. The number of carboxylic acid groups (broad SMARTS) is 2. The molecule has 0 bridgehead atoms. The van der Waals surface area contributed by atoms with Crippen molar-refractivity contribution in [2.45, 2.75) is 69.0 Å². The zero-order valence-electron chi connectivity index (χ0n) is 40.3. The second-order valence-corrected chi connectivity index (χ2v) is 18.5. The third-order valence-electron chi connectivity index (χ3n) is 14.3. The van der Waals surface area contributed by atoms with Gasteiger partial charge < -0.3 is 46.3 Å². The number of allylic oxidation sites excluding steroid dienone is 6. The second kappa shape index (κ2) is 21.9. The number of ether oxygens (including phenoxy) is 2. The van der Waals surface area contributed by atoms with Gasteiger partial charge in [-0.3, -0.25) is 9.59 Å². The van der Waals surface area contributed by atoms with E-state index >= 15 is 0 Å². The van der Waals surface area contributed by atoms with Crippen molar-refractivity contribution in [2.24, 2.45) is 17.8 Å². The average molecular weight is 984 g/mol. The molecule has 3 heterocycles. The van der Waals surface area contributed by atoms with Crippen LogP contribution in [0.3, 0.4) is 0 Å². The molecule has 73 heavy (non-hydrogen) atoms. The molecule has 0 spiro atoms. The Balaban J connectivity index is 0.000000136. The summed E-state index contributed by atoms with van der Waals surface area (Å²) in [5, 5.41) is 34.2. The van der Waals surface area contributed by atoms with Crippen molar-refractivity contribution < 1.29 is 48.5 Å². The largest absolute Gasteiger partial charge is 0.480 e. The average Bonchev–Trinajstić information content (AvgIpc) is 4.22. The minimum Gasteiger partial charge on any atom is -0.480 e. The summed E-state index contributed by atoms with van der Waals surface area (Å²) in [6, 6.07) is 33.4. The predicted molar refractivity (Wildman–Crippen MR) is 278 cm³/mol. The Morgan fingerprint density at radius 2 is 0.836 bits per heavy atom. The van der Waals surface area contributed by atoms with E-state index in [9.17, 15) is 39.0 Å². The second-order valence-electron chi connectivity index (χ2n) is 18.5. The van der Waals surface area contributed by atoms with Crippen LogP contribution in [0.5, 0.6) is 0 Å². The van der Waals surface area contributed by atoms with E-state index in [0.717, 1.165) is 47.3 Å². The molecule has 5 aromatic carbocycles. The Kier molecular flexibility index (Phi) is 14.9. The number of para-hydroxylation sites is 5. The van der Waals surface area contributed by atoms with Crippen LogP contribution in [0.1, 0.15) is 98.6 Å². The van der Waals surface area contributed by atoms with Gasteiger partial charge in [0.05, 0.1) is 47.0 Å². The van der Waals surface area contributed by atoms with Gasteiger partial charge >= 0.3 is 23.9 Å². The van der Waals surface area contributed by atoms with Crippen LogP contribution in [0, 0.1) is 17.8 Å². The number of amides is 2. The van der Waals surface area contributed by atoms with Gasteiger partial charge in [0.15, 0.2) is 0 Å². The smallest absolute Gasteiger partial charge is 0.337 e. The van der Waals surface area contributed by atoms with Crippen molar-refractivity contribution >= 4 is 64.1 Å². The van der Waals surface area contributed by atoms with Crippen molar-refractivity contribution in [2.75, 3.05) is 39.8 Å². The fourth-order valence-electron chi connectivity index (χ4n) is 11.0. The number of nitrogens with one attached hydrogen (secondary N) is 5. The van der Waals surface area contributed by atoms with Gasteiger partial charge in [0.2, 0.25) is 0 Å². The number of carbonyl (C=O) groups is 6. The summed E-state index contributed by atoms with van der Waals surface area (Å²) in [6.45, 7) is 4.22. The minimum absolute atomic E-state index is 0.0163. The van der Waals surface area contributed by atoms with Gasteiger partial charge in [0.1, 0.15) is 18.1 Å². The van der Waals surface area contributed by atoms with Crippen molar-refractivity contribution in [3.8, 4) is 0 Å². The number of hydrogen-bond acceptors (Lipinski definition) is 11. The van der Waals surface area contributed by atoms with E-state index in [1.54, 1.807) is 38.1 Å². The Labute approximate surface area is 422 Å². The number of fused-ring (bicyclic) bond motifs is 9. The van der Waals surface area contributed by atoms with Crippen LogP contribution in [0.15, 0.2) is 152 Å². The first-order valence-corrected chi connectivity index (χ1v) is 24.7. The number of aromatic carboxylic acids is 1. The number of esters is 2. The van der Waals surface area contributed by atoms with E-state index < -0.39 is 30.1 Å². The van der Waals surface area contributed by atoms with Crippen LogP contribution in [0.4, 0.5) is 28.4 Å². The first kappa shape index (κ1) is 49.5. The highest BCUT2D eigenvalue weighted by atomic mass is 16.5. The van der Waals surface area contributed by atoms with E-state index in [-0.39, 0.29) is 64.8 Å². The zero-order valence-corrected chi connectivity index (χ0v) is 40.3. The zero-order chi connectivity index (χ0) is 51.2. The van der Waals surface area contributed by atoms with Gasteiger partial charge in [-0.2, -0.15) is 0 Å². The van der Waals surface area contributed by atoms with Crippen molar-refractivity contribution in [1.82, 2.24) is 0 Å². The molecule has 9 unspecified atom stereocenters. The van der Waals surface area contributed by atoms with E-state index in [1.807, 2.05) is 103 Å². The Hall–Kier alpha value is -8.46. The SMILES string of the molecule is CCOC(=O)C1Nc2c(C(=O)Nc3ccccc3)cccc2C2C=CCC12.CCOC(=O)C1Nc2c(C(=O)O)cccc2C2C=CCC12.O=C(Nc1ccccc1)c1cccc2c1NC(C(=O)O)C1CC=CC21. The molecule has 3 aliphatic carbocycles. The maximum atomic E-state index is 12.9. The van der Waals surface area contributed by atoms with Crippen molar-refractivity contribution in [1.29, 1.82) is 0 Å². The number of rotatable bonds is 10. The van der Waals surface area contributed by atoms with Gasteiger partial charge in [-0.1, -0.05) is 109 Å². The molecule has 0 saturated carbocycles. The lowest BCUT2D eigenvalue weighted by atomic mass is 9.78. The maximum absolute atomic E-state index is 12.9. The third kappa shape index (κ3) is 10.2. The van der Waals surface area contributed by atoms with Crippen LogP contribution < -0.4 is 26.6 Å². The summed E-state index contributed by atoms with van der Waals surface area (Å²) in [5.74, 6) is -2.53. The number of carbonyl (C=O) groups excluding carboxylic acids is 4. The summed E-state index contributed by atoms with van der Waals surface area (Å²) in [6.07, 6.45) is 14.8. The molecular weight excluding hydrogens is 927 g/mol. The van der Waals surface area contributed by atoms with Gasteiger partial charge in [-0.25, -0.2) is 19.2 Å². The van der Waals surface area contributed by atoms with E-state index in [2.05, 4.69) is 50.9 Å². The van der Waals surface area contributed by atoms with Crippen LogP contribution >= 0.6 is 0 Å². The number of anilines is 5. The third-order valence-corrected chi connectivity index (χ3v) is 14.3. The summed E-state index contributed by atoms with van der Waals surface area (Å²) >= 11 is 0. The lowest BCUT2D eigenvalue weighted by Crippen LogP contribution is -2.43. The highest BCUT2D eigenvalue weighted by Crippen LogP contribution is 2.48. The van der Waals surface area contributed by atoms with Crippen molar-refractivity contribution in [3.05, 3.63) is 185 Å². The molecule has 15 nitrogen and oxygen atoms in total. The molecule has 11 rings (SSSR count). The molecule has 9 atom stereocenters. The number of hydrogen-bond donors (Lipinski definition) is 7. The predicted octanol–water partition coefficient (Wildman–Crippen LogP) is 9.83. The van der Waals surface area contributed by atoms with Crippen molar-refractivity contribution in [3.63, 3.8) is 0 Å². The molecule has 15 heteroatoms. The molecule has 5 aromatic rings. The lowest BCUT2D eigenvalue weighted by Gasteiger charge is -2.36. The molecule has 374 valence electrons. The van der Waals surface area contributed by atoms with Gasteiger partial charge in [-0.15, -0.1) is 0 Å². The fraction of sp³-hybridized carbons (Fsp3) is 0.276. The van der Waals surface area contributed by atoms with E-state index in [1.165, 1.54) is 0 Å². The van der Waals surface area contributed by atoms with Crippen LogP contribution in [-0.4, -0.2) is 77.2 Å². The molecule has 0 fully saturated rings. The Morgan fingerprint density at radius 1 is 0.479 bits per heavy atom. The summed E-state index contributed by atoms with van der Waals surface area (Å²) in [4.78, 5) is 73.4. The normalized spacial score (nSPS) is 23.6. The Bertz CT molecular complexity index is 3010. The number of carboxylic acids is 2. The molecule has 0 radical (unpaired) electrons. The fourth-order valence-corrected chi connectivity index (χ4v) is 11.0. The molecule has 2 amide bonds. The number of benzene rings is 5. The molecular formula is C58H57N5O10. The first-order valence-electron chi connectivity index (χ1n) is 24.7. The van der Waals surface area contributed by atoms with Crippen LogP contribution in [0.25, 0.3) is 0 Å². The van der Waals surface area contributed by atoms with E-state index in [4.69, 9.17) is 9.47 Å². The van der Waals surface area contributed by atoms with E-state index in [0.29, 0.717) is 41.4 Å². The first-order chi connectivity index (χ1) is 35.5. The topological polar surface area (TPSA) is 221 Å². The maximum Gasteiger partial charge on any atom is 0.337 e. The summed E-state index contributed by atoms with van der Waals surface area (Å²) < 4.78 is 10.4. The molecule has 3 aliphatic heterocycles. The molecule has 0 aromatic heterocycles. The van der Waals surface area contributed by atoms with Gasteiger partial charge in [-0.05, 0) is 92.3 Å². The number of aliphatic carboxylic acids is 1. The van der Waals surface area contributed by atoms with Gasteiger partial charge in [0.25, 0.3) is 11.8 Å². The van der Waals surface area contributed by atoms with Gasteiger partial charge in [0, 0.05) is 46.9 Å². The highest BCUT2D eigenvalue weighted by Gasteiger charge is 2.45. The highest BCUT2D eigenvalue weighted by molar-refractivity contribution is 6.10.